The van der Waals surface area contributed by atoms with E-state index in [4.69, 9.17) is 4.74 Å². The van der Waals surface area contributed by atoms with Gasteiger partial charge in [-0.15, -0.1) is 0 Å². The molecule has 154 valence electrons. The molecule has 1 amide bonds. The van der Waals surface area contributed by atoms with Gasteiger partial charge in [0.2, 0.25) is 0 Å². The van der Waals surface area contributed by atoms with Crippen molar-refractivity contribution in [3.63, 3.8) is 0 Å². The number of likely N-dealkylation sites (N-methyl/N-ethyl adjacent to an activating group) is 1. The first-order chi connectivity index (χ1) is 14.6. The standard InChI is InChI=1S/C25H27N3O2/c1-17-7-8-19(30-16-18-10-14-28(18)2)15-21(17)24(29)27-25(11-12-25)22-9-13-26-23-6-4-3-5-20(22)23/h3-9,13,15,18H,10-12,14,16H2,1-2H3,(H,27,29). The van der Waals surface area contributed by atoms with E-state index in [1.54, 1.807) is 0 Å². The Balaban J connectivity index is 1.36. The number of aryl methyl sites for hydroxylation is 1. The highest BCUT2D eigenvalue weighted by Crippen LogP contribution is 2.47. The Bertz CT molecular complexity index is 1100. The summed E-state index contributed by atoms with van der Waals surface area (Å²) in [5.74, 6) is 0.711. The predicted molar refractivity (Wildman–Crippen MR) is 118 cm³/mol. The van der Waals surface area contributed by atoms with Crippen LogP contribution in [0.15, 0.2) is 54.7 Å². The van der Waals surface area contributed by atoms with Gasteiger partial charge in [0, 0.05) is 23.2 Å². The van der Waals surface area contributed by atoms with E-state index < -0.39 is 0 Å². The SMILES string of the molecule is Cc1ccc(OCC2CCN2C)cc1C(=O)NC1(c2ccnc3ccccc23)CC1. The third-order valence-electron chi connectivity index (χ3n) is 6.60. The van der Waals surface area contributed by atoms with E-state index in [9.17, 15) is 4.79 Å². The van der Waals surface area contributed by atoms with Crippen LogP contribution in [-0.4, -0.2) is 42.0 Å². The lowest BCUT2D eigenvalue weighted by Gasteiger charge is -2.37. The van der Waals surface area contributed by atoms with Gasteiger partial charge in [-0.2, -0.15) is 0 Å². The summed E-state index contributed by atoms with van der Waals surface area (Å²) < 4.78 is 5.98. The average Bonchev–Trinajstić information content (AvgIpc) is 3.53. The van der Waals surface area contributed by atoms with Gasteiger partial charge in [-0.25, -0.2) is 0 Å². The minimum absolute atomic E-state index is 0.0443. The van der Waals surface area contributed by atoms with Gasteiger partial charge in [0.25, 0.3) is 5.91 Å². The number of likely N-dealkylation sites (tertiary alicyclic amines) is 1. The highest BCUT2D eigenvalue weighted by Gasteiger charge is 2.46. The Morgan fingerprint density at radius 1 is 1.23 bits per heavy atom. The number of aromatic nitrogens is 1. The molecule has 30 heavy (non-hydrogen) atoms. The second-order valence-electron chi connectivity index (χ2n) is 8.62. The molecule has 1 aliphatic carbocycles. The summed E-state index contributed by atoms with van der Waals surface area (Å²) >= 11 is 0. The van der Waals surface area contributed by atoms with Gasteiger partial charge >= 0.3 is 0 Å². The Morgan fingerprint density at radius 3 is 2.80 bits per heavy atom. The monoisotopic (exact) mass is 401 g/mol. The van der Waals surface area contributed by atoms with Crippen molar-refractivity contribution in [3.05, 3.63) is 71.4 Å². The molecule has 1 saturated carbocycles. The molecule has 5 heteroatoms. The zero-order valence-corrected chi connectivity index (χ0v) is 17.5. The maximum atomic E-state index is 13.2. The summed E-state index contributed by atoms with van der Waals surface area (Å²) in [5, 5.41) is 4.43. The Kier molecular flexibility index (Phi) is 4.70. The lowest BCUT2D eigenvalue weighted by atomic mass is 9.99. The number of benzene rings is 2. The molecule has 2 aromatic carbocycles. The van der Waals surface area contributed by atoms with Gasteiger partial charge in [0.05, 0.1) is 11.1 Å². The molecule has 2 aliphatic rings. The molecule has 0 bridgehead atoms. The molecule has 2 heterocycles. The predicted octanol–water partition coefficient (Wildman–Crippen LogP) is 4.05. The minimum Gasteiger partial charge on any atom is -0.492 e. The van der Waals surface area contributed by atoms with Crippen LogP contribution in [0.2, 0.25) is 0 Å². The Hall–Kier alpha value is -2.92. The van der Waals surface area contributed by atoms with Gasteiger partial charge in [-0.3, -0.25) is 14.7 Å². The molecule has 1 N–H and O–H groups in total. The van der Waals surface area contributed by atoms with E-state index in [1.165, 1.54) is 0 Å². The molecular formula is C25H27N3O2. The topological polar surface area (TPSA) is 54.5 Å². The van der Waals surface area contributed by atoms with E-state index in [0.29, 0.717) is 18.2 Å². The van der Waals surface area contributed by atoms with Crippen molar-refractivity contribution in [2.24, 2.45) is 0 Å². The van der Waals surface area contributed by atoms with Gasteiger partial charge in [-0.05, 0) is 75.2 Å². The molecule has 5 nitrogen and oxygen atoms in total. The zero-order valence-electron chi connectivity index (χ0n) is 17.5. The first-order valence-electron chi connectivity index (χ1n) is 10.7. The lowest BCUT2D eigenvalue weighted by molar-refractivity contribution is 0.0767. The van der Waals surface area contributed by atoms with Crippen LogP contribution >= 0.6 is 0 Å². The second-order valence-corrected chi connectivity index (χ2v) is 8.62. The van der Waals surface area contributed by atoms with Crippen molar-refractivity contribution in [2.45, 2.75) is 37.8 Å². The fraction of sp³-hybridized carbons (Fsp3) is 0.360. The number of hydrogen-bond acceptors (Lipinski definition) is 4. The maximum Gasteiger partial charge on any atom is 0.252 e. The third-order valence-corrected chi connectivity index (χ3v) is 6.60. The molecular weight excluding hydrogens is 374 g/mol. The number of pyridine rings is 1. The summed E-state index contributed by atoms with van der Waals surface area (Å²) in [5.41, 5.74) is 3.44. The van der Waals surface area contributed by atoms with E-state index >= 15 is 0 Å². The van der Waals surface area contributed by atoms with Crippen LogP contribution in [-0.2, 0) is 5.54 Å². The molecule has 0 radical (unpaired) electrons. The van der Waals surface area contributed by atoms with Crippen molar-refractivity contribution in [2.75, 3.05) is 20.2 Å². The highest BCUT2D eigenvalue weighted by atomic mass is 16.5. The van der Waals surface area contributed by atoms with Crippen LogP contribution in [0.4, 0.5) is 0 Å². The fourth-order valence-corrected chi connectivity index (χ4v) is 4.29. The van der Waals surface area contributed by atoms with Gasteiger partial charge < -0.3 is 10.1 Å². The number of nitrogens with zero attached hydrogens (tertiary/aromatic N) is 2. The number of carbonyl (C=O) groups is 1. The molecule has 1 atom stereocenters. The molecule has 1 aromatic heterocycles. The molecule has 0 spiro atoms. The van der Waals surface area contributed by atoms with Crippen molar-refractivity contribution in [1.29, 1.82) is 0 Å². The number of fused-ring (bicyclic) bond motifs is 1. The number of hydrogen-bond donors (Lipinski definition) is 1. The van der Waals surface area contributed by atoms with E-state index in [2.05, 4.69) is 28.3 Å². The maximum absolute atomic E-state index is 13.2. The van der Waals surface area contributed by atoms with Gasteiger partial charge in [0.1, 0.15) is 12.4 Å². The van der Waals surface area contributed by atoms with Crippen LogP contribution in [0, 0.1) is 6.92 Å². The molecule has 3 aromatic rings. The number of para-hydroxylation sites is 1. The van der Waals surface area contributed by atoms with E-state index in [-0.39, 0.29) is 11.4 Å². The van der Waals surface area contributed by atoms with Crippen molar-refractivity contribution >= 4 is 16.8 Å². The zero-order chi connectivity index (χ0) is 20.7. The van der Waals surface area contributed by atoms with Crippen LogP contribution in [0.3, 0.4) is 0 Å². The molecule has 1 aliphatic heterocycles. The Labute approximate surface area is 177 Å². The minimum atomic E-state index is -0.308. The van der Waals surface area contributed by atoms with Crippen LogP contribution < -0.4 is 10.1 Å². The largest absolute Gasteiger partial charge is 0.492 e. The number of ether oxygens (including phenoxy) is 1. The van der Waals surface area contributed by atoms with Crippen molar-refractivity contribution in [1.82, 2.24) is 15.2 Å². The normalized spacial score (nSPS) is 19.9. The molecule has 1 unspecified atom stereocenters. The average molecular weight is 402 g/mol. The molecule has 1 saturated heterocycles. The first kappa shape index (κ1) is 19.1. The van der Waals surface area contributed by atoms with Crippen LogP contribution in [0.5, 0.6) is 5.75 Å². The number of nitrogens with one attached hydrogen (secondary N) is 1. The van der Waals surface area contributed by atoms with Gasteiger partial charge in [0.15, 0.2) is 0 Å². The smallest absolute Gasteiger partial charge is 0.252 e. The van der Waals surface area contributed by atoms with Crippen LogP contribution in [0.25, 0.3) is 10.9 Å². The van der Waals surface area contributed by atoms with Crippen molar-refractivity contribution in [3.8, 4) is 5.75 Å². The third kappa shape index (κ3) is 3.43. The summed E-state index contributed by atoms with van der Waals surface area (Å²) in [6.07, 6.45) is 4.88. The number of rotatable bonds is 6. The first-order valence-corrected chi connectivity index (χ1v) is 10.7. The second kappa shape index (κ2) is 7.40. The quantitative estimate of drug-likeness (QED) is 0.677. The summed E-state index contributed by atoms with van der Waals surface area (Å²) in [6.45, 7) is 3.76. The number of amides is 1. The molecule has 5 rings (SSSR count). The fourth-order valence-electron chi connectivity index (χ4n) is 4.29. The van der Waals surface area contributed by atoms with Crippen LogP contribution in [0.1, 0.15) is 40.7 Å². The van der Waals surface area contributed by atoms with Gasteiger partial charge in [-0.1, -0.05) is 24.3 Å². The summed E-state index contributed by atoms with van der Waals surface area (Å²) in [7, 11) is 2.11. The van der Waals surface area contributed by atoms with Crippen molar-refractivity contribution < 1.29 is 9.53 Å². The van der Waals surface area contributed by atoms with E-state index in [0.717, 1.165) is 53.6 Å². The Morgan fingerprint density at radius 2 is 2.07 bits per heavy atom. The highest BCUT2D eigenvalue weighted by molar-refractivity contribution is 5.97. The van der Waals surface area contributed by atoms with E-state index in [1.807, 2.05) is 55.6 Å². The number of carbonyl (C=O) groups excluding carboxylic acids is 1. The summed E-state index contributed by atoms with van der Waals surface area (Å²) in [6, 6.07) is 16.4. The summed E-state index contributed by atoms with van der Waals surface area (Å²) in [4.78, 5) is 20.0. The molecule has 2 fully saturated rings. The lowest BCUT2D eigenvalue weighted by Crippen LogP contribution is -2.48.